The lowest BCUT2D eigenvalue weighted by Crippen LogP contribution is -2.31. The van der Waals surface area contributed by atoms with E-state index in [-0.39, 0.29) is 11.8 Å². The highest BCUT2D eigenvalue weighted by atomic mass is 16.4. The Kier molecular flexibility index (Phi) is 5.41. The van der Waals surface area contributed by atoms with Gasteiger partial charge in [0.05, 0.1) is 6.20 Å². The van der Waals surface area contributed by atoms with Crippen molar-refractivity contribution in [2.75, 3.05) is 6.54 Å². The van der Waals surface area contributed by atoms with Gasteiger partial charge < -0.3 is 9.73 Å². The van der Waals surface area contributed by atoms with Crippen molar-refractivity contribution in [3.05, 3.63) is 59.9 Å². The number of aryl methyl sites for hydroxylation is 1. The zero-order valence-electron chi connectivity index (χ0n) is 15.8. The molecule has 7 nitrogen and oxygen atoms in total. The van der Waals surface area contributed by atoms with Gasteiger partial charge in [0.2, 0.25) is 5.89 Å². The van der Waals surface area contributed by atoms with E-state index in [1.165, 1.54) is 0 Å². The second-order valence-corrected chi connectivity index (χ2v) is 7.28. The normalized spacial score (nSPS) is 19.3. The van der Waals surface area contributed by atoms with E-state index in [0.717, 1.165) is 36.8 Å². The number of amides is 1. The molecule has 28 heavy (non-hydrogen) atoms. The van der Waals surface area contributed by atoms with Crippen LogP contribution in [-0.2, 0) is 0 Å². The maximum absolute atomic E-state index is 12.4. The van der Waals surface area contributed by atoms with Crippen LogP contribution in [0.5, 0.6) is 0 Å². The van der Waals surface area contributed by atoms with Gasteiger partial charge in [-0.2, -0.15) is 0 Å². The predicted octanol–water partition coefficient (Wildman–Crippen LogP) is 3.54. The third-order valence-corrected chi connectivity index (χ3v) is 5.36. The fourth-order valence-corrected chi connectivity index (χ4v) is 3.69. The van der Waals surface area contributed by atoms with Crippen LogP contribution in [-0.4, -0.2) is 32.6 Å². The minimum absolute atomic E-state index is 0.00531. The zero-order chi connectivity index (χ0) is 19.3. The highest BCUT2D eigenvalue weighted by molar-refractivity contribution is 5.95. The summed E-state index contributed by atoms with van der Waals surface area (Å²) in [5.74, 6) is 1.83. The first-order valence-corrected chi connectivity index (χ1v) is 9.64. The van der Waals surface area contributed by atoms with Gasteiger partial charge in [0.1, 0.15) is 5.69 Å². The van der Waals surface area contributed by atoms with Crippen molar-refractivity contribution in [1.29, 1.82) is 0 Å². The summed E-state index contributed by atoms with van der Waals surface area (Å²) < 4.78 is 5.82. The molecule has 2 heterocycles. The number of nitrogens with zero attached hydrogens (tertiary/aromatic N) is 4. The molecule has 1 saturated carbocycles. The van der Waals surface area contributed by atoms with Crippen LogP contribution in [0.25, 0.3) is 11.6 Å². The van der Waals surface area contributed by atoms with Crippen LogP contribution in [0, 0.1) is 12.8 Å². The molecule has 0 aliphatic heterocycles. The standard InChI is InChI=1S/C21H23N5O2/c1-14-4-2-3-5-17(14)19(27)24-12-15-6-8-16(9-7-15)20-25-26-21(28-20)18-13-22-10-11-23-18/h2-5,10-11,13,15-16H,6-9,12H2,1H3,(H,24,27). The highest BCUT2D eigenvalue weighted by Gasteiger charge is 2.27. The van der Waals surface area contributed by atoms with Gasteiger partial charge in [0.15, 0.2) is 0 Å². The number of aromatic nitrogens is 4. The summed E-state index contributed by atoms with van der Waals surface area (Å²) in [6.07, 6.45) is 8.85. The molecular weight excluding hydrogens is 354 g/mol. The molecule has 1 fully saturated rings. The Morgan fingerprint density at radius 2 is 1.96 bits per heavy atom. The number of benzene rings is 1. The molecule has 4 rings (SSSR count). The Morgan fingerprint density at radius 1 is 1.14 bits per heavy atom. The van der Waals surface area contributed by atoms with E-state index < -0.39 is 0 Å². The fraction of sp³-hybridized carbons (Fsp3) is 0.381. The fourth-order valence-electron chi connectivity index (χ4n) is 3.69. The minimum atomic E-state index is 0.00531. The van der Waals surface area contributed by atoms with Crippen molar-refractivity contribution in [2.24, 2.45) is 5.92 Å². The van der Waals surface area contributed by atoms with E-state index in [4.69, 9.17) is 4.42 Å². The maximum atomic E-state index is 12.4. The van der Waals surface area contributed by atoms with Crippen LogP contribution in [0.15, 0.2) is 47.3 Å². The molecule has 7 heteroatoms. The molecule has 1 aliphatic rings. The van der Waals surface area contributed by atoms with Crippen molar-refractivity contribution in [1.82, 2.24) is 25.5 Å². The van der Waals surface area contributed by atoms with Crippen molar-refractivity contribution < 1.29 is 9.21 Å². The number of nitrogens with one attached hydrogen (secondary N) is 1. The van der Waals surface area contributed by atoms with E-state index >= 15 is 0 Å². The summed E-state index contributed by atoms with van der Waals surface area (Å²) in [5.41, 5.74) is 2.34. The Bertz CT molecular complexity index is 933. The van der Waals surface area contributed by atoms with E-state index in [9.17, 15) is 4.79 Å². The molecule has 144 valence electrons. The van der Waals surface area contributed by atoms with Crippen LogP contribution < -0.4 is 5.32 Å². The topological polar surface area (TPSA) is 93.8 Å². The average molecular weight is 377 g/mol. The van der Waals surface area contributed by atoms with Crippen molar-refractivity contribution in [3.63, 3.8) is 0 Å². The third-order valence-electron chi connectivity index (χ3n) is 5.36. The summed E-state index contributed by atoms with van der Waals surface area (Å²) in [6, 6.07) is 7.67. The lowest BCUT2D eigenvalue weighted by atomic mass is 9.82. The van der Waals surface area contributed by atoms with Gasteiger partial charge in [-0.25, -0.2) is 4.98 Å². The smallest absolute Gasteiger partial charge is 0.267 e. The molecule has 0 unspecified atom stereocenters. The molecular formula is C21H23N5O2. The second kappa shape index (κ2) is 8.29. The van der Waals surface area contributed by atoms with Gasteiger partial charge in [0.25, 0.3) is 11.8 Å². The highest BCUT2D eigenvalue weighted by Crippen LogP contribution is 2.35. The number of carbonyl (C=O) groups excluding carboxylic acids is 1. The monoisotopic (exact) mass is 377 g/mol. The Hall–Kier alpha value is -3.09. The first-order chi connectivity index (χ1) is 13.7. The lowest BCUT2D eigenvalue weighted by Gasteiger charge is -2.26. The molecule has 1 aromatic carbocycles. The van der Waals surface area contributed by atoms with Crippen molar-refractivity contribution >= 4 is 5.91 Å². The molecule has 1 N–H and O–H groups in total. The summed E-state index contributed by atoms with van der Waals surface area (Å²) in [6.45, 7) is 2.66. The number of rotatable bonds is 5. The molecule has 3 aromatic rings. The van der Waals surface area contributed by atoms with Crippen molar-refractivity contribution in [3.8, 4) is 11.6 Å². The number of hydrogen-bond acceptors (Lipinski definition) is 6. The Balaban J connectivity index is 1.29. The Morgan fingerprint density at radius 3 is 2.71 bits per heavy atom. The SMILES string of the molecule is Cc1ccccc1C(=O)NCC1CCC(c2nnc(-c3cnccn3)o2)CC1. The Labute approximate surface area is 163 Å². The molecule has 0 radical (unpaired) electrons. The second-order valence-electron chi connectivity index (χ2n) is 7.28. The molecule has 0 saturated heterocycles. The van der Waals surface area contributed by atoms with Crippen LogP contribution in [0.3, 0.4) is 0 Å². The molecule has 1 aliphatic carbocycles. The first-order valence-electron chi connectivity index (χ1n) is 9.64. The predicted molar refractivity (Wildman–Crippen MR) is 104 cm³/mol. The van der Waals surface area contributed by atoms with Gasteiger partial charge in [-0.3, -0.25) is 9.78 Å². The van der Waals surface area contributed by atoms with Gasteiger partial charge in [-0.15, -0.1) is 10.2 Å². The molecule has 0 atom stereocenters. The molecule has 0 bridgehead atoms. The first kappa shape index (κ1) is 18.3. The van der Waals surface area contributed by atoms with Crippen LogP contribution >= 0.6 is 0 Å². The zero-order valence-corrected chi connectivity index (χ0v) is 15.8. The average Bonchev–Trinajstić information content (AvgIpc) is 3.24. The van der Waals surface area contributed by atoms with E-state index in [1.54, 1.807) is 18.6 Å². The number of hydrogen-bond donors (Lipinski definition) is 1. The van der Waals surface area contributed by atoms with Crippen LogP contribution in [0.1, 0.15) is 53.4 Å². The largest absolute Gasteiger partial charge is 0.419 e. The van der Waals surface area contributed by atoms with Gasteiger partial charge in [-0.05, 0) is 50.2 Å². The summed E-state index contributed by atoms with van der Waals surface area (Å²) >= 11 is 0. The minimum Gasteiger partial charge on any atom is -0.419 e. The van der Waals surface area contributed by atoms with Gasteiger partial charge in [0, 0.05) is 30.4 Å². The quantitative estimate of drug-likeness (QED) is 0.731. The summed E-state index contributed by atoms with van der Waals surface area (Å²) in [7, 11) is 0. The van der Waals surface area contributed by atoms with E-state index in [1.807, 2.05) is 31.2 Å². The van der Waals surface area contributed by atoms with Crippen molar-refractivity contribution in [2.45, 2.75) is 38.5 Å². The van der Waals surface area contributed by atoms with Crippen LogP contribution in [0.4, 0.5) is 0 Å². The van der Waals surface area contributed by atoms with E-state index in [0.29, 0.717) is 29.9 Å². The third kappa shape index (κ3) is 4.08. The maximum Gasteiger partial charge on any atom is 0.267 e. The molecule has 1 amide bonds. The summed E-state index contributed by atoms with van der Waals surface area (Å²) in [5, 5.41) is 11.4. The number of carbonyl (C=O) groups is 1. The van der Waals surface area contributed by atoms with Crippen LogP contribution in [0.2, 0.25) is 0 Å². The van der Waals surface area contributed by atoms with Gasteiger partial charge >= 0.3 is 0 Å². The lowest BCUT2D eigenvalue weighted by molar-refractivity contribution is 0.0941. The molecule has 2 aromatic heterocycles. The summed E-state index contributed by atoms with van der Waals surface area (Å²) in [4.78, 5) is 20.6. The molecule has 0 spiro atoms. The van der Waals surface area contributed by atoms with E-state index in [2.05, 4.69) is 25.5 Å². The van der Waals surface area contributed by atoms with Gasteiger partial charge in [-0.1, -0.05) is 18.2 Å².